The standard InChI is InChI=1S/C21H20N2O4S/c1-2-23-21(25)19(20(24)22-16-10-4-3-5-11-16)17-12-14-8-6-7-9-15(14)13-18(17)28(23,26)27/h3-13,19,21,25H,2H2,1H3,(H,22,24). The molecule has 3 aromatic rings. The summed E-state index contributed by atoms with van der Waals surface area (Å²) in [6.07, 6.45) is -1.48. The quantitative estimate of drug-likeness (QED) is 0.713. The maximum Gasteiger partial charge on any atom is 0.245 e. The summed E-state index contributed by atoms with van der Waals surface area (Å²) in [5.74, 6) is -1.49. The third kappa shape index (κ3) is 2.97. The van der Waals surface area contributed by atoms with Gasteiger partial charge in [0.15, 0.2) is 0 Å². The molecule has 1 aliphatic rings. The largest absolute Gasteiger partial charge is 0.376 e. The summed E-state index contributed by atoms with van der Waals surface area (Å²) in [4.78, 5) is 13.1. The molecule has 0 bridgehead atoms. The van der Waals surface area contributed by atoms with Crippen LogP contribution in [0, 0.1) is 0 Å². The minimum absolute atomic E-state index is 0.0604. The summed E-state index contributed by atoms with van der Waals surface area (Å²) >= 11 is 0. The molecule has 2 N–H and O–H groups in total. The second kappa shape index (κ2) is 7.01. The first-order valence-corrected chi connectivity index (χ1v) is 10.5. The number of likely N-dealkylation sites (N-methyl/N-ethyl adjacent to an activating group) is 1. The third-order valence-corrected chi connectivity index (χ3v) is 7.03. The van der Waals surface area contributed by atoms with Crippen LogP contribution >= 0.6 is 0 Å². The predicted octanol–water partition coefficient (Wildman–Crippen LogP) is 2.90. The number of amides is 1. The number of hydrogen-bond donors (Lipinski definition) is 2. The van der Waals surface area contributed by atoms with Crippen LogP contribution in [0.15, 0.2) is 71.6 Å². The van der Waals surface area contributed by atoms with Crippen LogP contribution in [0.4, 0.5) is 5.69 Å². The van der Waals surface area contributed by atoms with E-state index in [1.807, 2.05) is 30.3 Å². The Hall–Kier alpha value is -2.74. The van der Waals surface area contributed by atoms with Gasteiger partial charge in [-0.05, 0) is 40.6 Å². The van der Waals surface area contributed by atoms with Crippen molar-refractivity contribution in [1.82, 2.24) is 4.31 Å². The fourth-order valence-corrected chi connectivity index (χ4v) is 5.43. The van der Waals surface area contributed by atoms with Crippen molar-refractivity contribution in [3.05, 3.63) is 72.3 Å². The van der Waals surface area contributed by atoms with Crippen LogP contribution in [-0.4, -0.2) is 36.5 Å². The second-order valence-electron chi connectivity index (χ2n) is 6.69. The van der Waals surface area contributed by atoms with Gasteiger partial charge < -0.3 is 10.4 Å². The van der Waals surface area contributed by atoms with Gasteiger partial charge in [0.1, 0.15) is 12.1 Å². The SMILES string of the molecule is CCN1C(O)C(C(=O)Nc2ccccc2)c2cc3ccccc3cc2S1(=O)=O. The van der Waals surface area contributed by atoms with E-state index in [2.05, 4.69) is 5.32 Å². The summed E-state index contributed by atoms with van der Waals surface area (Å²) in [6.45, 7) is 1.70. The first-order chi connectivity index (χ1) is 13.4. The van der Waals surface area contributed by atoms with Crippen LogP contribution in [0.3, 0.4) is 0 Å². The van der Waals surface area contributed by atoms with Crippen molar-refractivity contribution in [2.45, 2.75) is 24.0 Å². The third-order valence-electron chi connectivity index (χ3n) is 5.03. The monoisotopic (exact) mass is 396 g/mol. The number of anilines is 1. The smallest absolute Gasteiger partial charge is 0.245 e. The minimum Gasteiger partial charge on any atom is -0.376 e. The number of rotatable bonds is 3. The van der Waals surface area contributed by atoms with E-state index in [-0.39, 0.29) is 11.4 Å². The highest BCUT2D eigenvalue weighted by molar-refractivity contribution is 7.89. The Balaban J connectivity index is 1.88. The Morgan fingerprint density at radius 2 is 1.64 bits per heavy atom. The molecule has 0 saturated carbocycles. The number of sulfonamides is 1. The van der Waals surface area contributed by atoms with E-state index in [1.165, 1.54) is 0 Å². The predicted molar refractivity (Wildman–Crippen MR) is 107 cm³/mol. The Bertz CT molecular complexity index is 1150. The van der Waals surface area contributed by atoms with E-state index < -0.39 is 28.1 Å². The zero-order chi connectivity index (χ0) is 19.9. The molecule has 2 unspecified atom stereocenters. The number of aliphatic hydroxyl groups is 1. The molecule has 4 rings (SSSR count). The Kier molecular flexibility index (Phi) is 4.66. The fourth-order valence-electron chi connectivity index (χ4n) is 3.67. The van der Waals surface area contributed by atoms with Gasteiger partial charge in [0, 0.05) is 12.2 Å². The van der Waals surface area contributed by atoms with Crippen molar-refractivity contribution in [1.29, 1.82) is 0 Å². The number of benzene rings is 3. The van der Waals surface area contributed by atoms with Gasteiger partial charge in [-0.1, -0.05) is 49.4 Å². The Morgan fingerprint density at radius 1 is 1.04 bits per heavy atom. The van der Waals surface area contributed by atoms with Gasteiger partial charge in [-0.2, -0.15) is 4.31 Å². The molecule has 28 heavy (non-hydrogen) atoms. The van der Waals surface area contributed by atoms with Crippen LogP contribution in [0.1, 0.15) is 18.4 Å². The molecule has 0 fully saturated rings. The highest BCUT2D eigenvalue weighted by atomic mass is 32.2. The topological polar surface area (TPSA) is 86.7 Å². The molecule has 144 valence electrons. The number of hydrogen-bond acceptors (Lipinski definition) is 4. The van der Waals surface area contributed by atoms with Gasteiger partial charge in [0.25, 0.3) is 0 Å². The number of para-hydroxylation sites is 1. The van der Waals surface area contributed by atoms with Crippen molar-refractivity contribution in [2.75, 3.05) is 11.9 Å². The number of nitrogens with one attached hydrogen (secondary N) is 1. The van der Waals surface area contributed by atoms with Gasteiger partial charge >= 0.3 is 0 Å². The lowest BCUT2D eigenvalue weighted by molar-refractivity contribution is -0.122. The Morgan fingerprint density at radius 3 is 2.29 bits per heavy atom. The summed E-state index contributed by atoms with van der Waals surface area (Å²) in [5.41, 5.74) is 0.892. The van der Waals surface area contributed by atoms with Gasteiger partial charge in [-0.25, -0.2) is 8.42 Å². The van der Waals surface area contributed by atoms with E-state index in [9.17, 15) is 18.3 Å². The lowest BCUT2D eigenvalue weighted by Gasteiger charge is -2.37. The van der Waals surface area contributed by atoms with Gasteiger partial charge in [-0.15, -0.1) is 0 Å². The summed E-state index contributed by atoms with van der Waals surface area (Å²) in [7, 11) is -3.91. The maximum absolute atomic E-state index is 13.1. The van der Waals surface area contributed by atoms with Gasteiger partial charge in [0.2, 0.25) is 15.9 Å². The Labute approximate surface area is 163 Å². The number of carbonyl (C=O) groups is 1. The molecule has 0 aliphatic carbocycles. The molecule has 0 aromatic heterocycles. The van der Waals surface area contributed by atoms with Crippen molar-refractivity contribution in [3.8, 4) is 0 Å². The zero-order valence-electron chi connectivity index (χ0n) is 15.2. The lowest BCUT2D eigenvalue weighted by atomic mass is 9.93. The molecule has 3 aromatic carbocycles. The lowest BCUT2D eigenvalue weighted by Crippen LogP contribution is -2.50. The van der Waals surface area contributed by atoms with E-state index in [1.54, 1.807) is 43.3 Å². The molecule has 0 saturated heterocycles. The highest BCUT2D eigenvalue weighted by Gasteiger charge is 2.46. The van der Waals surface area contributed by atoms with E-state index >= 15 is 0 Å². The maximum atomic E-state index is 13.1. The second-order valence-corrected chi connectivity index (χ2v) is 8.55. The van der Waals surface area contributed by atoms with Crippen molar-refractivity contribution < 1.29 is 18.3 Å². The van der Waals surface area contributed by atoms with Crippen LogP contribution in [0.25, 0.3) is 10.8 Å². The van der Waals surface area contributed by atoms with E-state index in [0.29, 0.717) is 11.3 Å². The number of carbonyl (C=O) groups excluding carboxylic acids is 1. The van der Waals surface area contributed by atoms with Crippen LogP contribution < -0.4 is 5.32 Å². The molecule has 6 nitrogen and oxygen atoms in total. The number of fused-ring (bicyclic) bond motifs is 2. The molecular weight excluding hydrogens is 376 g/mol. The number of aliphatic hydroxyl groups excluding tert-OH is 1. The molecule has 1 amide bonds. The summed E-state index contributed by atoms with van der Waals surface area (Å²) in [6, 6.07) is 19.5. The fraction of sp³-hybridized carbons (Fsp3) is 0.190. The van der Waals surface area contributed by atoms with Gasteiger partial charge in [-0.3, -0.25) is 4.79 Å². The molecule has 0 spiro atoms. The summed E-state index contributed by atoms with van der Waals surface area (Å²) in [5, 5.41) is 15.2. The molecular formula is C21H20N2O4S. The number of nitrogens with zero attached hydrogens (tertiary/aromatic N) is 1. The van der Waals surface area contributed by atoms with E-state index in [4.69, 9.17) is 0 Å². The highest BCUT2D eigenvalue weighted by Crippen LogP contribution is 2.39. The molecule has 1 heterocycles. The van der Waals surface area contributed by atoms with Gasteiger partial charge in [0.05, 0.1) is 4.90 Å². The van der Waals surface area contributed by atoms with Crippen LogP contribution in [-0.2, 0) is 14.8 Å². The molecule has 1 aliphatic heterocycles. The minimum atomic E-state index is -3.91. The molecule has 2 atom stereocenters. The van der Waals surface area contributed by atoms with Crippen molar-refractivity contribution in [3.63, 3.8) is 0 Å². The van der Waals surface area contributed by atoms with Crippen molar-refractivity contribution >= 4 is 32.4 Å². The van der Waals surface area contributed by atoms with Crippen LogP contribution in [0.2, 0.25) is 0 Å². The van der Waals surface area contributed by atoms with E-state index in [0.717, 1.165) is 15.1 Å². The average molecular weight is 396 g/mol. The van der Waals surface area contributed by atoms with Crippen LogP contribution in [0.5, 0.6) is 0 Å². The first-order valence-electron chi connectivity index (χ1n) is 9.02. The molecule has 7 heteroatoms. The average Bonchev–Trinajstić information content (AvgIpc) is 2.68. The first kappa shape index (κ1) is 18.6. The summed E-state index contributed by atoms with van der Waals surface area (Å²) < 4.78 is 27.1. The molecule has 0 radical (unpaired) electrons. The normalized spacial score (nSPS) is 21.2. The van der Waals surface area contributed by atoms with Crippen molar-refractivity contribution in [2.24, 2.45) is 0 Å². The zero-order valence-corrected chi connectivity index (χ0v) is 16.1.